The summed E-state index contributed by atoms with van der Waals surface area (Å²) in [6.45, 7) is 0.214. The Labute approximate surface area is 194 Å². The van der Waals surface area contributed by atoms with Crippen molar-refractivity contribution < 1.29 is 31.4 Å². The van der Waals surface area contributed by atoms with Crippen LogP contribution in [0.25, 0.3) is 0 Å². The summed E-state index contributed by atoms with van der Waals surface area (Å²) in [7, 11) is -3.96. The maximum Gasteiger partial charge on any atom is 0.245 e. The standard InChI is InChI=1S/C22H22ClF3N2O4S/c23-17-4-1-12(22(10-32-11-22)27-13-6-18(24)21(26)19(25)7-13)5-20(17)33(30,31)28-14-2-3-15(28)9-16(29)8-14/h1,4-7,14-16,27,29H,2-3,8-11H2/t14-,15?,16+/m1/s1. The van der Waals surface area contributed by atoms with Gasteiger partial charge in [0.05, 0.1) is 24.3 Å². The monoisotopic (exact) mass is 502 g/mol. The molecule has 2 N–H and O–H groups in total. The van der Waals surface area contributed by atoms with Gasteiger partial charge in [-0.3, -0.25) is 0 Å². The highest BCUT2D eigenvalue weighted by Gasteiger charge is 2.48. The van der Waals surface area contributed by atoms with Crippen LogP contribution in [0.1, 0.15) is 31.2 Å². The quantitative estimate of drug-likeness (QED) is 0.609. The Morgan fingerprint density at radius 3 is 2.21 bits per heavy atom. The maximum absolute atomic E-state index is 13.7. The fourth-order valence-electron chi connectivity index (χ4n) is 5.13. The average molecular weight is 503 g/mol. The minimum Gasteiger partial charge on any atom is -0.393 e. The Balaban J connectivity index is 1.51. The lowest BCUT2D eigenvalue weighted by Crippen LogP contribution is -2.53. The second kappa shape index (κ2) is 8.13. The number of anilines is 1. The van der Waals surface area contributed by atoms with E-state index < -0.39 is 39.1 Å². The van der Waals surface area contributed by atoms with Crippen molar-refractivity contribution in [2.45, 2.75) is 54.3 Å². The topological polar surface area (TPSA) is 78.9 Å². The molecule has 3 atom stereocenters. The van der Waals surface area contributed by atoms with Crippen molar-refractivity contribution in [3.05, 3.63) is 58.4 Å². The van der Waals surface area contributed by atoms with E-state index in [0.717, 1.165) is 12.1 Å². The molecule has 3 saturated heterocycles. The number of hydrogen-bond donors (Lipinski definition) is 2. The first-order valence-corrected chi connectivity index (χ1v) is 12.4. The van der Waals surface area contributed by atoms with Crippen molar-refractivity contribution in [1.82, 2.24) is 4.31 Å². The molecule has 0 saturated carbocycles. The van der Waals surface area contributed by atoms with Crippen molar-refractivity contribution in [1.29, 1.82) is 0 Å². The van der Waals surface area contributed by atoms with Crippen LogP contribution < -0.4 is 5.32 Å². The summed E-state index contributed by atoms with van der Waals surface area (Å²) in [5.41, 5.74) is -0.466. The van der Waals surface area contributed by atoms with E-state index >= 15 is 0 Å². The van der Waals surface area contributed by atoms with Gasteiger partial charge in [-0.15, -0.1) is 0 Å². The minimum atomic E-state index is -3.96. The molecule has 2 aromatic rings. The van der Waals surface area contributed by atoms with Crippen LogP contribution in [0.2, 0.25) is 5.02 Å². The predicted molar refractivity (Wildman–Crippen MR) is 115 cm³/mol. The molecule has 3 aliphatic rings. The lowest BCUT2D eigenvalue weighted by molar-refractivity contribution is -0.0448. The van der Waals surface area contributed by atoms with E-state index in [1.165, 1.54) is 16.4 Å². The highest BCUT2D eigenvalue weighted by Crippen LogP contribution is 2.43. The molecule has 2 bridgehead atoms. The Morgan fingerprint density at radius 1 is 1.06 bits per heavy atom. The number of rotatable bonds is 5. The van der Waals surface area contributed by atoms with Crippen molar-refractivity contribution in [3.8, 4) is 0 Å². The first kappa shape index (κ1) is 22.9. The van der Waals surface area contributed by atoms with Gasteiger partial charge >= 0.3 is 0 Å². The smallest absolute Gasteiger partial charge is 0.245 e. The van der Waals surface area contributed by atoms with Crippen molar-refractivity contribution in [3.63, 3.8) is 0 Å². The van der Waals surface area contributed by atoms with Crippen LogP contribution in [0.5, 0.6) is 0 Å². The van der Waals surface area contributed by atoms with Gasteiger partial charge in [-0.1, -0.05) is 17.7 Å². The van der Waals surface area contributed by atoms with Gasteiger partial charge < -0.3 is 15.2 Å². The van der Waals surface area contributed by atoms with Gasteiger partial charge in [-0.05, 0) is 43.4 Å². The summed E-state index contributed by atoms with van der Waals surface area (Å²) in [5.74, 6) is -4.24. The van der Waals surface area contributed by atoms with Crippen LogP contribution in [-0.4, -0.2) is 49.2 Å². The molecule has 0 spiro atoms. The summed E-state index contributed by atoms with van der Waals surface area (Å²) in [5, 5.41) is 13.1. The molecule has 5 rings (SSSR count). The summed E-state index contributed by atoms with van der Waals surface area (Å²) in [6, 6.07) is 5.65. The third kappa shape index (κ3) is 3.81. The largest absolute Gasteiger partial charge is 0.393 e. The Morgan fingerprint density at radius 2 is 1.67 bits per heavy atom. The number of piperidine rings is 1. The highest BCUT2D eigenvalue weighted by molar-refractivity contribution is 7.89. The third-order valence-corrected chi connectivity index (χ3v) is 9.23. The molecule has 0 aliphatic carbocycles. The van der Waals surface area contributed by atoms with Gasteiger partial charge in [-0.25, -0.2) is 21.6 Å². The molecule has 3 heterocycles. The SMILES string of the molecule is O=S(=O)(c1cc(C2(Nc3cc(F)c(F)c(F)c3)COC2)ccc1Cl)N1C2CC[C@@H]1C[C@H](O)C2. The summed E-state index contributed by atoms with van der Waals surface area (Å²) in [4.78, 5) is -0.0699. The number of ether oxygens (including phenoxy) is 1. The van der Waals surface area contributed by atoms with Gasteiger partial charge in [-0.2, -0.15) is 4.31 Å². The van der Waals surface area contributed by atoms with E-state index in [0.29, 0.717) is 31.2 Å². The number of aliphatic hydroxyl groups excluding tert-OH is 1. The molecule has 1 unspecified atom stereocenters. The molecule has 2 aromatic carbocycles. The number of nitrogens with one attached hydrogen (secondary N) is 1. The van der Waals surface area contributed by atoms with E-state index in [-0.39, 0.29) is 40.9 Å². The first-order valence-electron chi connectivity index (χ1n) is 10.6. The zero-order chi connectivity index (χ0) is 23.5. The van der Waals surface area contributed by atoms with Crippen LogP contribution in [0.3, 0.4) is 0 Å². The van der Waals surface area contributed by atoms with Crippen LogP contribution in [-0.2, 0) is 20.3 Å². The van der Waals surface area contributed by atoms with E-state index in [1.54, 1.807) is 6.07 Å². The molecule has 0 radical (unpaired) electrons. The molecule has 0 amide bonds. The van der Waals surface area contributed by atoms with Crippen LogP contribution >= 0.6 is 11.6 Å². The van der Waals surface area contributed by atoms with E-state index in [9.17, 15) is 26.7 Å². The molecule has 11 heteroatoms. The fourth-order valence-corrected chi connectivity index (χ4v) is 7.53. The number of benzene rings is 2. The number of nitrogens with zero attached hydrogens (tertiary/aromatic N) is 1. The lowest BCUT2D eigenvalue weighted by Gasteiger charge is -2.43. The van der Waals surface area contributed by atoms with Crippen molar-refractivity contribution in [2.75, 3.05) is 18.5 Å². The third-order valence-electron chi connectivity index (χ3n) is 6.74. The van der Waals surface area contributed by atoms with E-state index in [4.69, 9.17) is 16.3 Å². The zero-order valence-electron chi connectivity index (χ0n) is 17.4. The van der Waals surface area contributed by atoms with Gasteiger partial charge in [0.2, 0.25) is 10.0 Å². The minimum absolute atomic E-state index is 0.00267. The fraction of sp³-hybridized carbons (Fsp3) is 0.455. The van der Waals surface area contributed by atoms with Crippen molar-refractivity contribution in [2.24, 2.45) is 0 Å². The lowest BCUT2D eigenvalue weighted by atomic mass is 9.87. The maximum atomic E-state index is 13.7. The zero-order valence-corrected chi connectivity index (χ0v) is 19.0. The summed E-state index contributed by atoms with van der Waals surface area (Å²) < 4.78 is 74.8. The van der Waals surface area contributed by atoms with Gasteiger partial charge in [0, 0.05) is 29.9 Å². The Kier molecular flexibility index (Phi) is 5.64. The van der Waals surface area contributed by atoms with E-state index in [1.807, 2.05) is 0 Å². The van der Waals surface area contributed by atoms with Crippen LogP contribution in [0, 0.1) is 17.5 Å². The normalized spacial score (nSPS) is 26.8. The number of hydrogen-bond acceptors (Lipinski definition) is 5. The second-order valence-electron chi connectivity index (χ2n) is 8.94. The molecule has 6 nitrogen and oxygen atoms in total. The number of fused-ring (bicyclic) bond motifs is 2. The van der Waals surface area contributed by atoms with Crippen molar-refractivity contribution >= 4 is 27.3 Å². The van der Waals surface area contributed by atoms with E-state index in [2.05, 4.69) is 5.32 Å². The molecule has 0 aromatic heterocycles. The highest BCUT2D eigenvalue weighted by atomic mass is 35.5. The molecule has 3 fully saturated rings. The second-order valence-corrected chi connectivity index (χ2v) is 11.2. The van der Waals surface area contributed by atoms with Gasteiger partial charge in [0.15, 0.2) is 17.5 Å². The molecule has 33 heavy (non-hydrogen) atoms. The Hall–Kier alpha value is -1.85. The molecule has 3 aliphatic heterocycles. The number of aliphatic hydroxyl groups is 1. The van der Waals surface area contributed by atoms with Crippen LogP contribution in [0.15, 0.2) is 35.2 Å². The molecule has 178 valence electrons. The number of sulfonamides is 1. The average Bonchev–Trinajstić information content (AvgIpc) is 3.02. The predicted octanol–water partition coefficient (Wildman–Crippen LogP) is 3.77. The molecular weight excluding hydrogens is 481 g/mol. The first-order chi connectivity index (χ1) is 15.6. The summed E-state index contributed by atoms with van der Waals surface area (Å²) >= 11 is 6.33. The van der Waals surface area contributed by atoms with Crippen LogP contribution in [0.4, 0.5) is 18.9 Å². The van der Waals surface area contributed by atoms with Gasteiger partial charge in [0.1, 0.15) is 10.4 Å². The molecular formula is C22H22ClF3N2O4S. The Bertz CT molecular complexity index is 1170. The summed E-state index contributed by atoms with van der Waals surface area (Å²) in [6.07, 6.45) is 1.60. The van der Waals surface area contributed by atoms with Gasteiger partial charge in [0.25, 0.3) is 0 Å². The number of halogens is 4.